The Labute approximate surface area is 205 Å². The minimum absolute atomic E-state index is 0.0122. The number of fused-ring (bicyclic) bond motifs is 3. The van der Waals surface area contributed by atoms with Crippen LogP contribution in [0.3, 0.4) is 0 Å². The average Bonchev–Trinajstić information content (AvgIpc) is 3.44. The smallest absolute Gasteiger partial charge is 0.407 e. The van der Waals surface area contributed by atoms with E-state index in [-0.39, 0.29) is 30.4 Å². The highest BCUT2D eigenvalue weighted by Gasteiger charge is 2.34. The predicted octanol–water partition coefficient (Wildman–Crippen LogP) is 3.69. The van der Waals surface area contributed by atoms with Crippen molar-refractivity contribution in [2.45, 2.75) is 50.7 Å². The van der Waals surface area contributed by atoms with Crippen molar-refractivity contribution in [1.82, 2.24) is 10.6 Å². The van der Waals surface area contributed by atoms with Crippen molar-refractivity contribution < 1.29 is 29.0 Å². The lowest BCUT2D eigenvalue weighted by Gasteiger charge is -2.17. The number of rotatable bonds is 10. The Morgan fingerprint density at radius 2 is 1.74 bits per heavy atom. The Hall–Kier alpha value is -3.39. The summed E-state index contributed by atoms with van der Waals surface area (Å²) < 4.78 is 10.8. The molecule has 1 aliphatic carbocycles. The maximum atomic E-state index is 12.4. The van der Waals surface area contributed by atoms with Gasteiger partial charge in [-0.25, -0.2) is 9.59 Å². The highest BCUT2D eigenvalue weighted by atomic mass is 16.5. The van der Waals surface area contributed by atoms with Crippen LogP contribution >= 0.6 is 0 Å². The third kappa shape index (κ3) is 6.00. The fourth-order valence-electron chi connectivity index (χ4n) is 4.93. The molecule has 1 heterocycles. The number of hydrogen-bond donors (Lipinski definition) is 3. The molecule has 3 atom stereocenters. The van der Waals surface area contributed by atoms with E-state index in [0.29, 0.717) is 38.8 Å². The molecular formula is C27H32N2O6. The van der Waals surface area contributed by atoms with Gasteiger partial charge < -0.3 is 25.2 Å². The normalized spacial score (nSPS) is 19.5. The maximum absolute atomic E-state index is 12.4. The maximum Gasteiger partial charge on any atom is 0.407 e. The van der Waals surface area contributed by atoms with Gasteiger partial charge in [-0.2, -0.15) is 0 Å². The van der Waals surface area contributed by atoms with Gasteiger partial charge in [-0.05, 0) is 48.4 Å². The molecule has 2 aromatic carbocycles. The van der Waals surface area contributed by atoms with Gasteiger partial charge in [0.25, 0.3) is 0 Å². The zero-order valence-electron chi connectivity index (χ0n) is 19.9. The number of carbonyl (C=O) groups is 3. The van der Waals surface area contributed by atoms with E-state index in [1.807, 2.05) is 31.2 Å². The van der Waals surface area contributed by atoms with Crippen molar-refractivity contribution >= 4 is 18.0 Å². The number of hydrogen-bond acceptors (Lipinski definition) is 5. The van der Waals surface area contributed by atoms with Crippen LogP contribution in [0.1, 0.15) is 49.7 Å². The van der Waals surface area contributed by atoms with Gasteiger partial charge in [0.1, 0.15) is 6.61 Å². The standard InChI is InChI=1S/C27H32N2O6/c1-17(7-6-12-24(30)28-15-18-13-14-34-25(18)26(31)32)29-27(33)35-16-23-21-10-4-2-8-19(21)20-9-3-5-11-22(20)23/h2-5,8-11,17-18,23,25H,6-7,12-16H2,1H3,(H,28,30)(H,29,33)(H,31,32)/t17?,18-,25-/m0/s1. The molecule has 0 bridgehead atoms. The molecule has 0 aromatic heterocycles. The number of benzene rings is 2. The molecule has 3 N–H and O–H groups in total. The second-order valence-electron chi connectivity index (χ2n) is 9.25. The van der Waals surface area contributed by atoms with E-state index in [0.717, 1.165) is 0 Å². The Kier molecular flexibility index (Phi) is 8.02. The predicted molar refractivity (Wildman–Crippen MR) is 130 cm³/mol. The molecule has 8 heteroatoms. The number of aliphatic carboxylic acids is 1. The van der Waals surface area contributed by atoms with Crippen molar-refractivity contribution in [3.8, 4) is 11.1 Å². The van der Waals surface area contributed by atoms with Crippen molar-refractivity contribution in [2.75, 3.05) is 19.8 Å². The van der Waals surface area contributed by atoms with Crippen LogP contribution in [0.2, 0.25) is 0 Å². The molecule has 8 nitrogen and oxygen atoms in total. The molecule has 0 radical (unpaired) electrons. The first kappa shape index (κ1) is 24.7. The highest BCUT2D eigenvalue weighted by Crippen LogP contribution is 2.44. The van der Waals surface area contributed by atoms with Crippen molar-refractivity contribution in [2.24, 2.45) is 5.92 Å². The van der Waals surface area contributed by atoms with Gasteiger partial charge in [-0.3, -0.25) is 4.79 Å². The van der Waals surface area contributed by atoms with Crippen molar-refractivity contribution in [1.29, 1.82) is 0 Å². The first-order valence-corrected chi connectivity index (χ1v) is 12.2. The van der Waals surface area contributed by atoms with E-state index in [9.17, 15) is 14.4 Å². The van der Waals surface area contributed by atoms with Crippen molar-refractivity contribution in [3.05, 3.63) is 59.7 Å². The number of carboxylic acid groups (broad SMARTS) is 1. The lowest BCUT2D eigenvalue weighted by Crippen LogP contribution is -2.36. The molecule has 0 spiro atoms. The minimum Gasteiger partial charge on any atom is -0.479 e. The van der Waals surface area contributed by atoms with Gasteiger partial charge in [0.15, 0.2) is 6.10 Å². The molecule has 0 saturated carbocycles. The summed E-state index contributed by atoms with van der Waals surface area (Å²) in [5.74, 6) is -1.31. The molecular weight excluding hydrogens is 448 g/mol. The number of nitrogens with one attached hydrogen (secondary N) is 2. The van der Waals surface area contributed by atoms with Crippen LogP contribution in [0, 0.1) is 5.92 Å². The zero-order chi connectivity index (χ0) is 24.8. The van der Waals surface area contributed by atoms with E-state index in [4.69, 9.17) is 14.6 Å². The topological polar surface area (TPSA) is 114 Å². The zero-order valence-corrected chi connectivity index (χ0v) is 19.9. The first-order chi connectivity index (χ1) is 16.9. The monoisotopic (exact) mass is 480 g/mol. The highest BCUT2D eigenvalue weighted by molar-refractivity contribution is 5.79. The van der Waals surface area contributed by atoms with Gasteiger partial charge in [0.2, 0.25) is 5.91 Å². The summed E-state index contributed by atoms with van der Waals surface area (Å²) in [7, 11) is 0. The number of carboxylic acids is 1. The quantitative estimate of drug-likeness (QED) is 0.478. The summed E-state index contributed by atoms with van der Waals surface area (Å²) in [5.41, 5.74) is 4.70. The Morgan fingerprint density at radius 3 is 2.40 bits per heavy atom. The molecule has 1 aliphatic heterocycles. The summed E-state index contributed by atoms with van der Waals surface area (Å²) in [6.07, 6.45) is 0.837. The van der Waals surface area contributed by atoms with Gasteiger partial charge in [-0.15, -0.1) is 0 Å². The summed E-state index contributed by atoms with van der Waals surface area (Å²) in [6.45, 7) is 2.84. The summed E-state index contributed by atoms with van der Waals surface area (Å²) >= 11 is 0. The lowest BCUT2D eigenvalue weighted by molar-refractivity contribution is -0.149. The fraction of sp³-hybridized carbons (Fsp3) is 0.444. The van der Waals surface area contributed by atoms with Crippen LogP contribution in [-0.4, -0.2) is 55.0 Å². The minimum atomic E-state index is -0.991. The van der Waals surface area contributed by atoms with Crippen LogP contribution in [0.15, 0.2) is 48.5 Å². The van der Waals surface area contributed by atoms with Crippen LogP contribution in [0.5, 0.6) is 0 Å². The number of alkyl carbamates (subject to hydrolysis) is 1. The van der Waals surface area contributed by atoms with E-state index in [1.54, 1.807) is 0 Å². The molecule has 186 valence electrons. The Morgan fingerprint density at radius 1 is 1.09 bits per heavy atom. The third-order valence-electron chi connectivity index (χ3n) is 6.77. The third-order valence-corrected chi connectivity index (χ3v) is 6.77. The second-order valence-corrected chi connectivity index (χ2v) is 9.25. The Balaban J connectivity index is 1.16. The fourth-order valence-corrected chi connectivity index (χ4v) is 4.93. The van der Waals surface area contributed by atoms with E-state index in [2.05, 4.69) is 34.9 Å². The molecule has 2 aliphatic rings. The van der Waals surface area contributed by atoms with Gasteiger partial charge in [0, 0.05) is 37.5 Å². The number of ether oxygens (including phenoxy) is 2. The van der Waals surface area contributed by atoms with Crippen molar-refractivity contribution in [3.63, 3.8) is 0 Å². The van der Waals surface area contributed by atoms with Gasteiger partial charge >= 0.3 is 12.1 Å². The van der Waals surface area contributed by atoms with Crippen LogP contribution in [0.25, 0.3) is 11.1 Å². The average molecular weight is 481 g/mol. The Bertz CT molecular complexity index is 1030. The van der Waals surface area contributed by atoms with Gasteiger partial charge in [0.05, 0.1) is 0 Å². The summed E-state index contributed by atoms with van der Waals surface area (Å²) in [4.78, 5) is 35.7. The molecule has 1 fully saturated rings. The summed E-state index contributed by atoms with van der Waals surface area (Å²) in [6, 6.07) is 16.2. The van der Waals surface area contributed by atoms with Crippen LogP contribution in [0.4, 0.5) is 4.79 Å². The largest absolute Gasteiger partial charge is 0.479 e. The van der Waals surface area contributed by atoms with E-state index >= 15 is 0 Å². The van der Waals surface area contributed by atoms with E-state index in [1.165, 1.54) is 22.3 Å². The van der Waals surface area contributed by atoms with Crippen LogP contribution < -0.4 is 10.6 Å². The molecule has 35 heavy (non-hydrogen) atoms. The molecule has 2 aromatic rings. The first-order valence-electron chi connectivity index (χ1n) is 12.2. The lowest BCUT2D eigenvalue weighted by atomic mass is 9.98. The molecule has 4 rings (SSSR count). The summed E-state index contributed by atoms with van der Waals surface area (Å²) in [5, 5.41) is 14.8. The van der Waals surface area contributed by atoms with E-state index < -0.39 is 18.2 Å². The second kappa shape index (κ2) is 11.4. The van der Waals surface area contributed by atoms with Crippen LogP contribution in [-0.2, 0) is 19.1 Å². The molecule has 2 amide bonds. The molecule has 1 saturated heterocycles. The van der Waals surface area contributed by atoms with Gasteiger partial charge in [-0.1, -0.05) is 48.5 Å². The number of amides is 2. The SMILES string of the molecule is CC(CCCC(=O)NC[C@@H]1CCO[C@@H]1C(=O)O)NC(=O)OCC1c2ccccc2-c2ccccc21. The number of carbonyl (C=O) groups excluding carboxylic acids is 2. The molecule has 1 unspecified atom stereocenters.